The Labute approximate surface area is 227 Å². The maximum absolute atomic E-state index is 14.0. The van der Waals surface area contributed by atoms with E-state index < -0.39 is 12.0 Å². The zero-order valence-corrected chi connectivity index (χ0v) is 22.9. The number of nitrogens with zero attached hydrogens (tertiary/aromatic N) is 4. The van der Waals surface area contributed by atoms with Crippen LogP contribution in [0.3, 0.4) is 0 Å². The van der Waals surface area contributed by atoms with Gasteiger partial charge in [-0.25, -0.2) is 14.2 Å². The van der Waals surface area contributed by atoms with Crippen LogP contribution < -0.4 is 4.74 Å². The highest BCUT2D eigenvalue weighted by Gasteiger charge is 2.40. The summed E-state index contributed by atoms with van der Waals surface area (Å²) < 4.78 is 25.3. The molecular weight excluding hydrogens is 559 g/mol. The zero-order chi connectivity index (χ0) is 25.9. The Morgan fingerprint density at radius 2 is 2.03 bits per heavy atom. The molecule has 7 nitrogen and oxygen atoms in total. The van der Waals surface area contributed by atoms with Gasteiger partial charge in [0.2, 0.25) is 0 Å². The fraction of sp³-hybridized carbons (Fsp3) is 0.296. The van der Waals surface area contributed by atoms with E-state index in [1.807, 2.05) is 29.6 Å². The average Bonchev–Trinajstić information content (AvgIpc) is 3.43. The Hall–Kier alpha value is -3.08. The number of piperazine rings is 1. The highest BCUT2D eigenvalue weighted by molar-refractivity contribution is 9.10. The van der Waals surface area contributed by atoms with Gasteiger partial charge in [-0.3, -0.25) is 9.89 Å². The van der Waals surface area contributed by atoms with E-state index in [-0.39, 0.29) is 12.4 Å². The first-order valence-electron chi connectivity index (χ1n) is 11.9. The van der Waals surface area contributed by atoms with Gasteiger partial charge in [0.25, 0.3) is 0 Å². The molecule has 0 N–H and O–H groups in total. The van der Waals surface area contributed by atoms with Crippen molar-refractivity contribution in [2.45, 2.75) is 19.5 Å². The predicted molar refractivity (Wildman–Crippen MR) is 144 cm³/mol. The van der Waals surface area contributed by atoms with Gasteiger partial charge in [-0.15, -0.1) is 11.3 Å². The van der Waals surface area contributed by atoms with Crippen molar-refractivity contribution < 1.29 is 18.7 Å². The molecule has 2 aliphatic rings. The molecule has 3 heterocycles. The van der Waals surface area contributed by atoms with Crippen molar-refractivity contribution in [2.24, 2.45) is 4.99 Å². The Balaban J connectivity index is 1.58. The van der Waals surface area contributed by atoms with Gasteiger partial charge >= 0.3 is 5.97 Å². The Bertz CT molecular complexity index is 1340. The van der Waals surface area contributed by atoms with Crippen LogP contribution >= 0.6 is 27.3 Å². The van der Waals surface area contributed by atoms with Gasteiger partial charge in [0, 0.05) is 47.9 Å². The lowest BCUT2D eigenvalue weighted by Crippen LogP contribution is -2.50. The molecule has 192 valence electrons. The molecule has 3 aromatic rings. The molecule has 1 atom stereocenters. The van der Waals surface area contributed by atoms with Crippen molar-refractivity contribution in [3.05, 3.63) is 91.7 Å². The predicted octanol–water partition coefficient (Wildman–Crippen LogP) is 5.19. The molecule has 0 spiro atoms. The number of methoxy groups -OCH3 is 1. The first-order valence-corrected chi connectivity index (χ1v) is 13.6. The number of aliphatic imine (C=N–C) groups is 1. The summed E-state index contributed by atoms with van der Waals surface area (Å²) >= 11 is 4.99. The molecule has 2 aliphatic heterocycles. The number of rotatable bonds is 7. The quantitative estimate of drug-likeness (QED) is 0.356. The molecule has 1 saturated heterocycles. The highest BCUT2D eigenvalue weighted by Crippen LogP contribution is 2.40. The van der Waals surface area contributed by atoms with Crippen LogP contribution in [0.15, 0.2) is 74.8 Å². The summed E-state index contributed by atoms with van der Waals surface area (Å²) in [4.78, 5) is 27.4. The molecule has 1 unspecified atom stereocenters. The Morgan fingerprint density at radius 3 is 2.70 bits per heavy atom. The minimum Gasteiger partial charge on any atom is -0.497 e. The molecule has 2 aromatic carbocycles. The molecule has 0 amide bonds. The fourth-order valence-corrected chi connectivity index (χ4v) is 5.85. The summed E-state index contributed by atoms with van der Waals surface area (Å²) in [5, 5.41) is 2.68. The summed E-state index contributed by atoms with van der Waals surface area (Å²) in [6.07, 6.45) is 1.75. The molecule has 1 aromatic heterocycles. The molecule has 37 heavy (non-hydrogen) atoms. The monoisotopic (exact) mass is 584 g/mol. The highest BCUT2D eigenvalue weighted by atomic mass is 79.9. The molecule has 0 saturated carbocycles. The van der Waals surface area contributed by atoms with Crippen LogP contribution in [0, 0.1) is 5.82 Å². The van der Waals surface area contributed by atoms with Gasteiger partial charge in [-0.05, 0) is 42.3 Å². The third-order valence-electron chi connectivity index (χ3n) is 6.37. The second-order valence-corrected chi connectivity index (χ2v) is 10.4. The van der Waals surface area contributed by atoms with Gasteiger partial charge in [-0.2, -0.15) is 0 Å². The van der Waals surface area contributed by atoms with E-state index in [0.717, 1.165) is 28.6 Å². The summed E-state index contributed by atoms with van der Waals surface area (Å²) in [5.41, 5.74) is 3.14. The second-order valence-electron chi connectivity index (χ2n) is 8.65. The lowest BCUT2D eigenvalue weighted by atomic mass is 9.93. The van der Waals surface area contributed by atoms with Crippen molar-refractivity contribution in [3.8, 4) is 5.75 Å². The first-order chi connectivity index (χ1) is 18.0. The summed E-state index contributed by atoms with van der Waals surface area (Å²) in [5.74, 6) is 0.733. The normalized spacial score (nSPS) is 17.9. The van der Waals surface area contributed by atoms with Crippen molar-refractivity contribution in [3.63, 3.8) is 0 Å². The number of benzene rings is 2. The summed E-state index contributed by atoms with van der Waals surface area (Å²) in [6, 6.07) is 11.8. The Kier molecular flexibility index (Phi) is 7.68. The molecule has 0 bridgehead atoms. The van der Waals surface area contributed by atoms with Crippen LogP contribution in [0.2, 0.25) is 0 Å². The SMILES string of the molecule is CCOC(=O)C1=C2CN(Cc3ccc(OC)cc3)CCN2C(c2nccs2)=NC1c1ccc(F)cc1Br. The van der Waals surface area contributed by atoms with Crippen LogP contribution in [0.1, 0.15) is 29.1 Å². The van der Waals surface area contributed by atoms with E-state index in [4.69, 9.17) is 14.5 Å². The topological polar surface area (TPSA) is 67.3 Å². The van der Waals surface area contributed by atoms with Crippen LogP contribution in [0.25, 0.3) is 0 Å². The van der Waals surface area contributed by atoms with Crippen molar-refractivity contribution in [2.75, 3.05) is 33.4 Å². The number of amidine groups is 1. The number of aromatic nitrogens is 1. The zero-order valence-electron chi connectivity index (χ0n) is 20.5. The lowest BCUT2D eigenvalue weighted by Gasteiger charge is -2.42. The third-order valence-corrected chi connectivity index (χ3v) is 7.83. The Morgan fingerprint density at radius 1 is 1.22 bits per heavy atom. The lowest BCUT2D eigenvalue weighted by molar-refractivity contribution is -0.139. The largest absolute Gasteiger partial charge is 0.497 e. The fourth-order valence-electron chi connectivity index (χ4n) is 4.65. The number of hydrogen-bond acceptors (Lipinski definition) is 8. The van der Waals surface area contributed by atoms with Gasteiger partial charge in [0.15, 0.2) is 10.8 Å². The van der Waals surface area contributed by atoms with Gasteiger partial charge in [0.05, 0.1) is 19.3 Å². The maximum atomic E-state index is 14.0. The molecular formula is C27H26BrFN4O3S. The number of esters is 1. The maximum Gasteiger partial charge on any atom is 0.338 e. The van der Waals surface area contributed by atoms with E-state index in [2.05, 4.69) is 30.7 Å². The molecule has 0 aliphatic carbocycles. The summed E-state index contributed by atoms with van der Waals surface area (Å²) in [6.45, 7) is 4.69. The number of carbonyl (C=O) groups is 1. The van der Waals surface area contributed by atoms with E-state index in [1.54, 1.807) is 26.3 Å². The van der Waals surface area contributed by atoms with Gasteiger partial charge in [0.1, 0.15) is 17.6 Å². The van der Waals surface area contributed by atoms with Crippen LogP contribution in [0.5, 0.6) is 5.75 Å². The standard InChI is InChI=1S/C27H26BrFN4O3S/c1-3-36-27(34)23-22-16-32(15-17-4-7-19(35-2)8-5-17)11-12-33(22)25(26-30-10-13-37-26)31-24(23)20-9-6-18(29)14-21(20)28/h4-10,13-14,24H,3,11-12,15-16H2,1-2H3. The number of carbonyl (C=O) groups excluding carboxylic acids is 1. The van der Waals surface area contributed by atoms with E-state index in [9.17, 15) is 9.18 Å². The second kappa shape index (κ2) is 11.1. The number of thiazole rings is 1. The van der Waals surface area contributed by atoms with Crippen molar-refractivity contribution >= 4 is 39.1 Å². The van der Waals surface area contributed by atoms with E-state index in [0.29, 0.717) is 41.1 Å². The van der Waals surface area contributed by atoms with E-state index in [1.165, 1.54) is 23.5 Å². The van der Waals surface area contributed by atoms with Gasteiger partial charge in [-0.1, -0.05) is 34.1 Å². The number of halogens is 2. The average molecular weight is 585 g/mol. The summed E-state index contributed by atoms with van der Waals surface area (Å²) in [7, 11) is 1.65. The molecule has 5 rings (SSSR count). The molecule has 10 heteroatoms. The third kappa shape index (κ3) is 5.32. The van der Waals surface area contributed by atoms with Crippen molar-refractivity contribution in [1.29, 1.82) is 0 Å². The minimum atomic E-state index is -0.667. The molecule has 0 radical (unpaired) electrons. The first kappa shape index (κ1) is 25.6. The number of ether oxygens (including phenoxy) is 2. The van der Waals surface area contributed by atoms with Gasteiger partial charge < -0.3 is 14.4 Å². The molecule has 1 fully saturated rings. The van der Waals surface area contributed by atoms with Crippen LogP contribution in [-0.4, -0.2) is 59.9 Å². The van der Waals surface area contributed by atoms with Crippen molar-refractivity contribution in [1.82, 2.24) is 14.8 Å². The number of fused-ring (bicyclic) bond motifs is 1. The smallest absolute Gasteiger partial charge is 0.338 e. The van der Waals surface area contributed by atoms with E-state index >= 15 is 0 Å². The number of hydrogen-bond donors (Lipinski definition) is 0. The van der Waals surface area contributed by atoms with Crippen LogP contribution in [-0.2, 0) is 16.1 Å². The van der Waals surface area contributed by atoms with Crippen LogP contribution in [0.4, 0.5) is 4.39 Å². The minimum absolute atomic E-state index is 0.242.